The number of aromatic nitrogens is 1. The molecule has 4 N–H and O–H groups in total. The summed E-state index contributed by atoms with van der Waals surface area (Å²) in [4.78, 5) is 15.3. The van der Waals surface area contributed by atoms with Gasteiger partial charge in [-0.1, -0.05) is 0 Å². The highest BCUT2D eigenvalue weighted by Crippen LogP contribution is 2.13. The molecule has 1 rings (SSSR count). The molecule has 0 aliphatic rings. The number of methoxy groups -OCH3 is 1. The average Bonchev–Trinajstić information content (AvgIpc) is 2.35. The number of carbonyl (C=O) groups excluding carboxylic acids is 1. The monoisotopic (exact) mass is 242 g/mol. The molecule has 0 spiro atoms. The highest BCUT2D eigenvalue weighted by Gasteiger charge is 2.15. The topological polar surface area (TPSA) is 89.3 Å². The summed E-state index contributed by atoms with van der Waals surface area (Å²) in [6.45, 7) is 2.08. The molecular formula is C10H15FN4O2. The lowest BCUT2D eigenvalue weighted by Gasteiger charge is -2.11. The zero-order valence-electron chi connectivity index (χ0n) is 9.66. The van der Waals surface area contributed by atoms with E-state index in [-0.39, 0.29) is 17.5 Å². The Labute approximate surface area is 98.3 Å². The van der Waals surface area contributed by atoms with Crippen LogP contribution in [0.15, 0.2) is 12.3 Å². The summed E-state index contributed by atoms with van der Waals surface area (Å²) in [6.07, 6.45) is 1.16. The highest BCUT2D eigenvalue weighted by atomic mass is 19.1. The van der Waals surface area contributed by atoms with Crippen molar-refractivity contribution in [2.24, 2.45) is 5.84 Å². The van der Waals surface area contributed by atoms with Gasteiger partial charge in [0.05, 0.1) is 11.7 Å². The third kappa shape index (κ3) is 3.36. The van der Waals surface area contributed by atoms with Crippen LogP contribution in [0.5, 0.6) is 0 Å². The summed E-state index contributed by atoms with van der Waals surface area (Å²) in [5, 5.41) is 2.54. The second kappa shape index (κ2) is 6.12. The van der Waals surface area contributed by atoms with E-state index in [9.17, 15) is 9.18 Å². The van der Waals surface area contributed by atoms with Gasteiger partial charge in [0.15, 0.2) is 11.6 Å². The standard InChI is InChI=1S/C10H15FN4O2/c1-6(17-2)5-14-10(16)7-3-4-13-9(15-12)8(7)11/h3-4,6H,5,12H2,1-2H3,(H,13,15)(H,14,16). The number of pyridine rings is 1. The number of nitrogen functional groups attached to an aromatic ring is 1. The van der Waals surface area contributed by atoms with E-state index < -0.39 is 11.7 Å². The van der Waals surface area contributed by atoms with Gasteiger partial charge in [-0.25, -0.2) is 15.2 Å². The third-order valence-electron chi connectivity index (χ3n) is 2.22. The van der Waals surface area contributed by atoms with Gasteiger partial charge in [0, 0.05) is 19.9 Å². The molecule has 1 unspecified atom stereocenters. The molecule has 0 aliphatic carbocycles. The number of hydrogen-bond acceptors (Lipinski definition) is 5. The van der Waals surface area contributed by atoms with E-state index in [1.165, 1.54) is 19.4 Å². The Kier molecular flexibility index (Phi) is 4.80. The van der Waals surface area contributed by atoms with Crippen molar-refractivity contribution in [2.45, 2.75) is 13.0 Å². The maximum absolute atomic E-state index is 13.6. The van der Waals surface area contributed by atoms with Gasteiger partial charge in [0.1, 0.15) is 0 Å². The number of amides is 1. The lowest BCUT2D eigenvalue weighted by atomic mass is 10.2. The van der Waals surface area contributed by atoms with Crippen LogP contribution in [0.1, 0.15) is 17.3 Å². The molecule has 1 aromatic heterocycles. The smallest absolute Gasteiger partial charge is 0.254 e. The Morgan fingerprint density at radius 2 is 2.41 bits per heavy atom. The van der Waals surface area contributed by atoms with Gasteiger partial charge in [-0.15, -0.1) is 0 Å². The van der Waals surface area contributed by atoms with Crippen LogP contribution in [0.4, 0.5) is 10.2 Å². The fraction of sp³-hybridized carbons (Fsp3) is 0.400. The van der Waals surface area contributed by atoms with Crippen molar-refractivity contribution >= 4 is 11.7 Å². The van der Waals surface area contributed by atoms with Gasteiger partial charge in [0.25, 0.3) is 5.91 Å². The second-order valence-corrected chi connectivity index (χ2v) is 3.42. The fourth-order valence-electron chi connectivity index (χ4n) is 1.13. The molecule has 94 valence electrons. The van der Waals surface area contributed by atoms with E-state index >= 15 is 0 Å². The van der Waals surface area contributed by atoms with Gasteiger partial charge < -0.3 is 15.5 Å². The SMILES string of the molecule is COC(C)CNC(=O)c1ccnc(NN)c1F. The van der Waals surface area contributed by atoms with E-state index in [2.05, 4.69) is 15.7 Å². The summed E-state index contributed by atoms with van der Waals surface area (Å²) in [6, 6.07) is 1.28. The second-order valence-electron chi connectivity index (χ2n) is 3.42. The predicted octanol–water partition coefficient (Wildman–Crippen LogP) is 0.271. The van der Waals surface area contributed by atoms with E-state index in [0.717, 1.165) is 0 Å². The van der Waals surface area contributed by atoms with Crippen molar-refractivity contribution in [3.05, 3.63) is 23.6 Å². The highest BCUT2D eigenvalue weighted by molar-refractivity contribution is 5.95. The van der Waals surface area contributed by atoms with E-state index in [0.29, 0.717) is 6.54 Å². The number of ether oxygens (including phenoxy) is 1. The number of nitrogens with two attached hydrogens (primary N) is 1. The van der Waals surface area contributed by atoms with Crippen molar-refractivity contribution in [2.75, 3.05) is 19.1 Å². The first kappa shape index (κ1) is 13.3. The van der Waals surface area contributed by atoms with Crippen LogP contribution in [-0.4, -0.2) is 30.6 Å². The number of hydrazine groups is 1. The molecule has 0 bridgehead atoms. The first-order chi connectivity index (χ1) is 8.10. The Morgan fingerprint density at radius 3 is 3.00 bits per heavy atom. The molecular weight excluding hydrogens is 227 g/mol. The normalized spacial score (nSPS) is 12.0. The van der Waals surface area contributed by atoms with E-state index in [1.54, 1.807) is 6.92 Å². The van der Waals surface area contributed by atoms with E-state index in [4.69, 9.17) is 10.6 Å². The number of nitrogens with zero attached hydrogens (tertiary/aromatic N) is 1. The molecule has 0 fully saturated rings. The third-order valence-corrected chi connectivity index (χ3v) is 2.22. The minimum absolute atomic E-state index is 0.115. The number of nitrogens with one attached hydrogen (secondary N) is 2. The minimum Gasteiger partial charge on any atom is -0.380 e. The molecule has 7 heteroatoms. The van der Waals surface area contributed by atoms with Crippen molar-refractivity contribution in [3.8, 4) is 0 Å². The fourth-order valence-corrected chi connectivity index (χ4v) is 1.13. The van der Waals surface area contributed by atoms with Crippen LogP contribution in [-0.2, 0) is 4.74 Å². The van der Waals surface area contributed by atoms with Crippen LogP contribution in [0.25, 0.3) is 0 Å². The van der Waals surface area contributed by atoms with Crippen LogP contribution >= 0.6 is 0 Å². The zero-order valence-corrected chi connectivity index (χ0v) is 9.66. The van der Waals surface area contributed by atoms with Crippen LogP contribution in [0, 0.1) is 5.82 Å². The number of halogens is 1. The molecule has 0 radical (unpaired) electrons. The number of anilines is 1. The molecule has 1 heterocycles. The Hall–Kier alpha value is -1.73. The van der Waals surface area contributed by atoms with Crippen molar-refractivity contribution in [3.63, 3.8) is 0 Å². The number of hydrogen-bond donors (Lipinski definition) is 3. The molecule has 0 saturated heterocycles. The largest absolute Gasteiger partial charge is 0.380 e. The molecule has 1 atom stereocenters. The van der Waals surface area contributed by atoms with Gasteiger partial charge in [-0.05, 0) is 13.0 Å². The summed E-state index contributed by atoms with van der Waals surface area (Å²) in [5.74, 6) is 3.57. The zero-order chi connectivity index (χ0) is 12.8. The van der Waals surface area contributed by atoms with Crippen LogP contribution in [0.3, 0.4) is 0 Å². The molecule has 17 heavy (non-hydrogen) atoms. The minimum atomic E-state index is -0.780. The number of carbonyl (C=O) groups is 1. The van der Waals surface area contributed by atoms with E-state index in [1.807, 2.05) is 0 Å². The predicted molar refractivity (Wildman–Crippen MR) is 60.8 cm³/mol. The molecule has 0 saturated carbocycles. The molecule has 1 aromatic rings. The van der Waals surface area contributed by atoms with Gasteiger partial charge >= 0.3 is 0 Å². The molecule has 0 aromatic carbocycles. The summed E-state index contributed by atoms with van der Waals surface area (Å²) in [5.41, 5.74) is 1.96. The first-order valence-electron chi connectivity index (χ1n) is 5.02. The molecule has 0 aliphatic heterocycles. The number of rotatable bonds is 5. The summed E-state index contributed by atoms with van der Waals surface area (Å²) >= 11 is 0. The average molecular weight is 242 g/mol. The maximum atomic E-state index is 13.6. The first-order valence-corrected chi connectivity index (χ1v) is 5.02. The van der Waals surface area contributed by atoms with Gasteiger partial charge in [-0.3, -0.25) is 4.79 Å². The summed E-state index contributed by atoms with van der Waals surface area (Å²) in [7, 11) is 1.53. The Bertz CT molecular complexity index is 400. The Morgan fingerprint density at radius 1 is 1.71 bits per heavy atom. The lowest BCUT2D eigenvalue weighted by molar-refractivity contribution is 0.0867. The Balaban J connectivity index is 2.75. The van der Waals surface area contributed by atoms with Gasteiger partial charge in [0.2, 0.25) is 0 Å². The van der Waals surface area contributed by atoms with Crippen LogP contribution < -0.4 is 16.6 Å². The van der Waals surface area contributed by atoms with Crippen molar-refractivity contribution in [1.29, 1.82) is 0 Å². The molecule has 6 nitrogen and oxygen atoms in total. The lowest BCUT2D eigenvalue weighted by Crippen LogP contribution is -2.32. The summed E-state index contributed by atoms with van der Waals surface area (Å²) < 4.78 is 18.6. The molecule has 1 amide bonds. The van der Waals surface area contributed by atoms with Crippen molar-refractivity contribution in [1.82, 2.24) is 10.3 Å². The quantitative estimate of drug-likeness (QED) is 0.509. The van der Waals surface area contributed by atoms with Crippen LogP contribution in [0.2, 0.25) is 0 Å². The maximum Gasteiger partial charge on any atom is 0.254 e. The van der Waals surface area contributed by atoms with Crippen molar-refractivity contribution < 1.29 is 13.9 Å². The van der Waals surface area contributed by atoms with Gasteiger partial charge in [-0.2, -0.15) is 0 Å².